The summed E-state index contributed by atoms with van der Waals surface area (Å²) in [4.78, 5) is 24.8. The van der Waals surface area contributed by atoms with Gasteiger partial charge in [-0.3, -0.25) is 14.3 Å². The average Bonchev–Trinajstić information content (AvgIpc) is 2.51. The number of H-pyrrole nitrogens is 1. The molecule has 0 amide bonds. The van der Waals surface area contributed by atoms with Gasteiger partial charge in [-0.1, -0.05) is 0 Å². The van der Waals surface area contributed by atoms with E-state index in [0.717, 1.165) is 4.57 Å². The zero-order valence-electron chi connectivity index (χ0n) is 9.07. The molecule has 1 aromatic rings. The van der Waals surface area contributed by atoms with Crippen LogP contribution >= 0.6 is 0 Å². The Bertz CT molecular complexity index is 508. The molecule has 3 atom stereocenters. The molecule has 88 valence electrons. The first-order valence-corrected chi connectivity index (χ1v) is 5.10. The van der Waals surface area contributed by atoms with Crippen molar-refractivity contribution in [2.45, 2.75) is 38.8 Å². The molecule has 1 unspecified atom stereocenters. The maximum Gasteiger partial charge on any atom is 0.330 e. The van der Waals surface area contributed by atoms with E-state index < -0.39 is 23.6 Å². The number of hydrogen-bond acceptors (Lipinski definition) is 3. The summed E-state index contributed by atoms with van der Waals surface area (Å²) in [6, 6.07) is 0. The Hall–Kier alpha value is -1.43. The van der Waals surface area contributed by atoms with Gasteiger partial charge >= 0.3 is 5.69 Å². The second-order valence-corrected chi connectivity index (χ2v) is 4.07. The summed E-state index contributed by atoms with van der Waals surface area (Å²) in [5.74, 6) is 0. The monoisotopic (exact) mass is 228 g/mol. The van der Waals surface area contributed by atoms with Crippen LogP contribution in [-0.4, -0.2) is 21.8 Å². The van der Waals surface area contributed by atoms with Gasteiger partial charge in [-0.15, -0.1) is 0 Å². The van der Waals surface area contributed by atoms with Crippen molar-refractivity contribution < 1.29 is 9.13 Å². The Kier molecular flexibility index (Phi) is 2.67. The maximum absolute atomic E-state index is 13.6. The Labute approximate surface area is 90.9 Å². The first kappa shape index (κ1) is 11.1. The number of rotatable bonds is 1. The fourth-order valence-corrected chi connectivity index (χ4v) is 1.83. The van der Waals surface area contributed by atoms with Crippen LogP contribution in [0.1, 0.15) is 25.1 Å². The van der Waals surface area contributed by atoms with Crippen LogP contribution in [0.3, 0.4) is 0 Å². The summed E-state index contributed by atoms with van der Waals surface area (Å²) in [7, 11) is 0. The average molecular weight is 228 g/mol. The molecule has 1 fully saturated rings. The molecule has 6 heteroatoms. The second-order valence-electron chi connectivity index (χ2n) is 4.07. The normalized spacial score (nSPS) is 29.6. The Balaban J connectivity index is 2.45. The van der Waals surface area contributed by atoms with Crippen molar-refractivity contribution in [1.82, 2.24) is 9.55 Å². The summed E-state index contributed by atoms with van der Waals surface area (Å²) < 4.78 is 20.0. The van der Waals surface area contributed by atoms with Crippen molar-refractivity contribution in [1.29, 1.82) is 0 Å². The lowest BCUT2D eigenvalue weighted by Gasteiger charge is -2.15. The lowest BCUT2D eigenvalue weighted by molar-refractivity contribution is -0.0149. The molecule has 5 nitrogen and oxygen atoms in total. The van der Waals surface area contributed by atoms with Crippen LogP contribution in [0.5, 0.6) is 0 Å². The first-order chi connectivity index (χ1) is 7.49. The molecular weight excluding hydrogens is 215 g/mol. The lowest BCUT2D eigenvalue weighted by atomic mass is 10.2. The number of aromatic nitrogens is 2. The van der Waals surface area contributed by atoms with Crippen molar-refractivity contribution in [2.24, 2.45) is 0 Å². The molecule has 1 aliphatic rings. The maximum atomic E-state index is 13.6. The van der Waals surface area contributed by atoms with Gasteiger partial charge in [0.25, 0.3) is 5.56 Å². The topological polar surface area (TPSA) is 64.1 Å². The fraction of sp³-hybridized carbons (Fsp3) is 0.600. The molecular formula is C10H13FN2O3. The zero-order chi connectivity index (χ0) is 11.9. The number of halogens is 1. The molecule has 1 aromatic heterocycles. The predicted molar refractivity (Wildman–Crippen MR) is 55.2 cm³/mol. The Morgan fingerprint density at radius 1 is 1.56 bits per heavy atom. The van der Waals surface area contributed by atoms with Crippen molar-refractivity contribution in [3.63, 3.8) is 0 Å². The fourth-order valence-electron chi connectivity index (χ4n) is 1.83. The van der Waals surface area contributed by atoms with Gasteiger partial charge in [-0.05, 0) is 13.8 Å². The van der Waals surface area contributed by atoms with Gasteiger partial charge in [-0.25, -0.2) is 9.18 Å². The Morgan fingerprint density at radius 2 is 2.25 bits per heavy atom. The molecule has 1 N–H and O–H groups in total. The molecule has 16 heavy (non-hydrogen) atoms. The molecule has 0 aliphatic carbocycles. The number of alkyl halides is 1. The van der Waals surface area contributed by atoms with E-state index in [-0.39, 0.29) is 12.5 Å². The summed E-state index contributed by atoms with van der Waals surface area (Å²) in [6.07, 6.45) is -0.790. The summed E-state index contributed by atoms with van der Waals surface area (Å²) in [5.41, 5.74) is -0.741. The van der Waals surface area contributed by atoms with E-state index in [4.69, 9.17) is 4.74 Å². The van der Waals surface area contributed by atoms with Gasteiger partial charge in [0.1, 0.15) is 6.17 Å². The van der Waals surface area contributed by atoms with Crippen LogP contribution in [-0.2, 0) is 4.74 Å². The van der Waals surface area contributed by atoms with Crippen molar-refractivity contribution in [2.75, 3.05) is 0 Å². The largest absolute Gasteiger partial charge is 0.352 e. The molecule has 0 bridgehead atoms. The van der Waals surface area contributed by atoms with Gasteiger partial charge < -0.3 is 4.74 Å². The minimum absolute atomic E-state index is 0.223. The molecule has 0 saturated carbocycles. The number of aryl methyl sites for hydroxylation is 1. The molecule has 2 rings (SSSR count). The number of nitrogens with one attached hydrogen (secondary N) is 1. The zero-order valence-corrected chi connectivity index (χ0v) is 9.07. The highest BCUT2D eigenvalue weighted by atomic mass is 19.1. The van der Waals surface area contributed by atoms with E-state index in [0.29, 0.717) is 5.56 Å². The van der Waals surface area contributed by atoms with E-state index in [1.165, 1.54) is 6.20 Å². The molecule has 2 heterocycles. The van der Waals surface area contributed by atoms with E-state index in [1.807, 2.05) is 0 Å². The van der Waals surface area contributed by atoms with E-state index in [2.05, 4.69) is 4.98 Å². The van der Waals surface area contributed by atoms with Gasteiger partial charge in [0.05, 0.1) is 6.10 Å². The van der Waals surface area contributed by atoms with Crippen LogP contribution in [0.25, 0.3) is 0 Å². The van der Waals surface area contributed by atoms with Crippen molar-refractivity contribution in [3.8, 4) is 0 Å². The minimum atomic E-state index is -1.22. The van der Waals surface area contributed by atoms with Crippen LogP contribution in [0, 0.1) is 6.92 Å². The highest BCUT2D eigenvalue weighted by molar-refractivity contribution is 5.02. The SMILES string of the molecule is Cc1cn([C@@H]2O[C@H](C)CC2F)c(=O)[nH]c1=O. The van der Waals surface area contributed by atoms with Gasteiger partial charge in [0.2, 0.25) is 0 Å². The third kappa shape index (κ3) is 1.80. The van der Waals surface area contributed by atoms with Gasteiger partial charge in [-0.2, -0.15) is 0 Å². The van der Waals surface area contributed by atoms with Crippen LogP contribution < -0.4 is 11.2 Å². The quantitative estimate of drug-likeness (QED) is 0.760. The standard InChI is InChI=1S/C10H13FN2O3/c1-5-4-13(10(15)12-8(5)14)9-7(11)3-6(2)16-9/h4,6-7,9H,3H2,1-2H3,(H,12,14,15)/t6-,7?,9-/m1/s1. The van der Waals surface area contributed by atoms with Crippen LogP contribution in [0.15, 0.2) is 15.8 Å². The highest BCUT2D eigenvalue weighted by Crippen LogP contribution is 2.29. The number of nitrogens with zero attached hydrogens (tertiary/aromatic N) is 1. The lowest BCUT2D eigenvalue weighted by Crippen LogP contribution is -2.35. The molecule has 0 aromatic carbocycles. The highest BCUT2D eigenvalue weighted by Gasteiger charge is 2.35. The summed E-state index contributed by atoms with van der Waals surface area (Å²) in [5, 5.41) is 0. The number of hydrogen-bond donors (Lipinski definition) is 1. The first-order valence-electron chi connectivity index (χ1n) is 5.10. The third-order valence-corrected chi connectivity index (χ3v) is 2.66. The van der Waals surface area contributed by atoms with E-state index in [1.54, 1.807) is 13.8 Å². The molecule has 1 aliphatic heterocycles. The summed E-state index contributed by atoms with van der Waals surface area (Å²) >= 11 is 0. The summed E-state index contributed by atoms with van der Waals surface area (Å²) in [6.45, 7) is 3.30. The molecule has 1 saturated heterocycles. The van der Waals surface area contributed by atoms with Gasteiger partial charge in [0.15, 0.2) is 6.23 Å². The minimum Gasteiger partial charge on any atom is -0.352 e. The van der Waals surface area contributed by atoms with Crippen molar-refractivity contribution in [3.05, 3.63) is 32.6 Å². The Morgan fingerprint density at radius 3 is 2.81 bits per heavy atom. The smallest absolute Gasteiger partial charge is 0.330 e. The third-order valence-electron chi connectivity index (χ3n) is 2.66. The predicted octanol–water partition coefficient (Wildman–Crippen LogP) is 0.491. The van der Waals surface area contributed by atoms with Gasteiger partial charge in [0, 0.05) is 18.2 Å². The number of ether oxygens (including phenoxy) is 1. The van der Waals surface area contributed by atoms with Crippen molar-refractivity contribution >= 4 is 0 Å². The van der Waals surface area contributed by atoms with E-state index in [9.17, 15) is 14.0 Å². The second kappa shape index (κ2) is 3.86. The molecule has 0 radical (unpaired) electrons. The molecule has 0 spiro atoms. The number of aromatic amines is 1. The van der Waals surface area contributed by atoms with E-state index >= 15 is 0 Å². The van der Waals surface area contributed by atoms with Crippen LogP contribution in [0.4, 0.5) is 4.39 Å². The van der Waals surface area contributed by atoms with Crippen LogP contribution in [0.2, 0.25) is 0 Å².